The minimum absolute atomic E-state index is 0.175. The summed E-state index contributed by atoms with van der Waals surface area (Å²) in [4.78, 5) is 11.6. The molecule has 1 heterocycles. The lowest BCUT2D eigenvalue weighted by Gasteiger charge is -2.05. The molecule has 1 aromatic heterocycles. The van der Waals surface area contributed by atoms with Crippen molar-refractivity contribution in [2.24, 2.45) is 0 Å². The monoisotopic (exact) mass is 250 g/mol. The largest absolute Gasteiger partial charge is 0.482 e. The van der Waals surface area contributed by atoms with E-state index in [1.165, 1.54) is 12.3 Å². The highest BCUT2D eigenvalue weighted by Crippen LogP contribution is 2.10. The third kappa shape index (κ3) is 3.11. The lowest BCUT2D eigenvalue weighted by atomic mass is 10.2. The summed E-state index contributed by atoms with van der Waals surface area (Å²) in [5.74, 6) is 0.806. The van der Waals surface area contributed by atoms with Gasteiger partial charge in [0.1, 0.15) is 18.6 Å². The maximum atomic E-state index is 11.6. The van der Waals surface area contributed by atoms with Gasteiger partial charge in [-0.15, -0.1) is 11.6 Å². The Hall–Kier alpha value is -1.74. The number of ether oxygens (including phenoxy) is 1. The van der Waals surface area contributed by atoms with Crippen LogP contribution in [0.25, 0.3) is 0 Å². The number of hydrogen-bond donors (Lipinski definition) is 0. The average molecular weight is 251 g/mol. The van der Waals surface area contributed by atoms with E-state index in [0.29, 0.717) is 12.4 Å². The summed E-state index contributed by atoms with van der Waals surface area (Å²) in [6, 6.07) is 10.9. The Morgan fingerprint density at radius 1 is 1.24 bits per heavy atom. The zero-order valence-electron chi connectivity index (χ0n) is 9.06. The highest BCUT2D eigenvalue weighted by atomic mass is 35.5. The van der Waals surface area contributed by atoms with Crippen LogP contribution in [0.1, 0.15) is 11.3 Å². The van der Waals surface area contributed by atoms with Crippen LogP contribution in [0.4, 0.5) is 0 Å². The molecule has 0 amide bonds. The van der Waals surface area contributed by atoms with Gasteiger partial charge in [-0.25, -0.2) is 0 Å². The molecule has 2 aromatic rings. The fourth-order valence-electron chi connectivity index (χ4n) is 1.35. The molecular formula is C13H11ClO3. The van der Waals surface area contributed by atoms with Crippen LogP contribution < -0.4 is 10.2 Å². The van der Waals surface area contributed by atoms with E-state index in [-0.39, 0.29) is 17.1 Å². The van der Waals surface area contributed by atoms with Crippen molar-refractivity contribution in [3.63, 3.8) is 0 Å². The van der Waals surface area contributed by atoms with Crippen LogP contribution >= 0.6 is 11.6 Å². The summed E-state index contributed by atoms with van der Waals surface area (Å²) in [5, 5.41) is 0. The van der Waals surface area contributed by atoms with Crippen LogP contribution in [0.2, 0.25) is 0 Å². The van der Waals surface area contributed by atoms with Gasteiger partial charge < -0.3 is 9.15 Å². The van der Waals surface area contributed by atoms with Gasteiger partial charge in [-0.1, -0.05) is 30.3 Å². The van der Waals surface area contributed by atoms with E-state index < -0.39 is 0 Å². The fraction of sp³-hybridized carbons (Fsp3) is 0.154. The lowest BCUT2D eigenvalue weighted by Crippen LogP contribution is -2.07. The second-order valence-corrected chi connectivity index (χ2v) is 3.75. The standard InChI is InChI=1S/C13H11ClO3/c14-7-11-6-12(15)13(9-16-11)17-8-10-4-2-1-3-5-10/h1-6,9H,7-8H2. The lowest BCUT2D eigenvalue weighted by molar-refractivity contribution is 0.290. The molecule has 0 bridgehead atoms. The molecule has 4 heteroatoms. The fourth-order valence-corrected chi connectivity index (χ4v) is 1.49. The van der Waals surface area contributed by atoms with Crippen molar-refractivity contribution < 1.29 is 9.15 Å². The van der Waals surface area contributed by atoms with E-state index in [2.05, 4.69) is 0 Å². The van der Waals surface area contributed by atoms with Crippen LogP contribution in [0.15, 0.2) is 51.9 Å². The van der Waals surface area contributed by atoms with E-state index in [0.717, 1.165) is 5.56 Å². The molecular weight excluding hydrogens is 240 g/mol. The molecule has 17 heavy (non-hydrogen) atoms. The molecule has 0 spiro atoms. The minimum atomic E-state index is -0.220. The molecule has 0 unspecified atom stereocenters. The van der Waals surface area contributed by atoms with E-state index in [9.17, 15) is 4.79 Å². The Balaban J connectivity index is 2.07. The van der Waals surface area contributed by atoms with Gasteiger partial charge in [-0.2, -0.15) is 0 Å². The summed E-state index contributed by atoms with van der Waals surface area (Å²) in [6.07, 6.45) is 1.29. The van der Waals surface area contributed by atoms with Crippen molar-refractivity contribution in [2.45, 2.75) is 12.5 Å². The molecule has 0 aliphatic heterocycles. The molecule has 0 radical (unpaired) electrons. The van der Waals surface area contributed by atoms with Crippen LogP contribution in [0.3, 0.4) is 0 Å². The Bertz CT molecular complexity index is 534. The first-order valence-electron chi connectivity index (χ1n) is 5.14. The van der Waals surface area contributed by atoms with Gasteiger partial charge >= 0.3 is 0 Å². The van der Waals surface area contributed by atoms with Crippen molar-refractivity contribution in [3.05, 3.63) is 64.2 Å². The molecule has 88 valence electrons. The molecule has 0 N–H and O–H groups in total. The number of halogens is 1. The van der Waals surface area contributed by atoms with E-state index in [1.807, 2.05) is 30.3 Å². The van der Waals surface area contributed by atoms with Crippen molar-refractivity contribution in [2.75, 3.05) is 0 Å². The van der Waals surface area contributed by atoms with Crippen molar-refractivity contribution >= 4 is 11.6 Å². The predicted molar refractivity (Wildman–Crippen MR) is 65.3 cm³/mol. The van der Waals surface area contributed by atoms with Gasteiger partial charge in [0.25, 0.3) is 0 Å². The van der Waals surface area contributed by atoms with Gasteiger partial charge in [-0.3, -0.25) is 4.79 Å². The summed E-state index contributed by atoms with van der Waals surface area (Å²) in [5.41, 5.74) is 0.774. The third-order valence-corrected chi connectivity index (χ3v) is 2.48. The topological polar surface area (TPSA) is 39.4 Å². The molecule has 3 nitrogen and oxygen atoms in total. The van der Waals surface area contributed by atoms with Crippen LogP contribution in [-0.2, 0) is 12.5 Å². The van der Waals surface area contributed by atoms with Crippen molar-refractivity contribution in [1.82, 2.24) is 0 Å². The summed E-state index contributed by atoms with van der Waals surface area (Å²) in [7, 11) is 0. The van der Waals surface area contributed by atoms with Gasteiger partial charge in [0, 0.05) is 6.07 Å². The van der Waals surface area contributed by atoms with Gasteiger partial charge in [0.15, 0.2) is 0 Å². The smallest absolute Gasteiger partial charge is 0.227 e. The normalized spacial score (nSPS) is 10.2. The number of rotatable bonds is 4. The van der Waals surface area contributed by atoms with Gasteiger partial charge in [0.05, 0.1) is 5.88 Å². The molecule has 0 fully saturated rings. The van der Waals surface area contributed by atoms with E-state index in [1.54, 1.807) is 0 Å². The summed E-state index contributed by atoms with van der Waals surface area (Å²) in [6.45, 7) is 0.339. The molecule has 0 saturated carbocycles. The quantitative estimate of drug-likeness (QED) is 0.783. The van der Waals surface area contributed by atoms with Gasteiger partial charge in [0.2, 0.25) is 11.2 Å². The minimum Gasteiger partial charge on any atom is -0.482 e. The Labute approximate surface area is 104 Å². The summed E-state index contributed by atoms with van der Waals surface area (Å²) < 4.78 is 10.5. The molecule has 0 saturated heterocycles. The van der Waals surface area contributed by atoms with Crippen LogP contribution in [0.5, 0.6) is 5.75 Å². The Kier molecular flexibility index (Phi) is 3.83. The van der Waals surface area contributed by atoms with Gasteiger partial charge in [-0.05, 0) is 5.56 Å². The maximum absolute atomic E-state index is 11.6. The zero-order valence-corrected chi connectivity index (χ0v) is 9.81. The highest BCUT2D eigenvalue weighted by molar-refractivity contribution is 6.16. The number of benzene rings is 1. The van der Waals surface area contributed by atoms with Crippen LogP contribution in [0, 0.1) is 0 Å². The van der Waals surface area contributed by atoms with Crippen LogP contribution in [-0.4, -0.2) is 0 Å². The van der Waals surface area contributed by atoms with Crippen molar-refractivity contribution in [3.8, 4) is 5.75 Å². The maximum Gasteiger partial charge on any atom is 0.227 e. The molecule has 2 rings (SSSR count). The average Bonchev–Trinajstić information content (AvgIpc) is 2.38. The second-order valence-electron chi connectivity index (χ2n) is 3.48. The third-order valence-electron chi connectivity index (χ3n) is 2.22. The van der Waals surface area contributed by atoms with E-state index in [4.69, 9.17) is 20.8 Å². The first kappa shape index (κ1) is 11.7. The Morgan fingerprint density at radius 3 is 2.65 bits per heavy atom. The first-order chi connectivity index (χ1) is 8.29. The molecule has 0 aliphatic rings. The zero-order chi connectivity index (χ0) is 12.1. The SMILES string of the molecule is O=c1cc(CCl)occ1OCc1ccccc1. The summed E-state index contributed by atoms with van der Waals surface area (Å²) >= 11 is 5.55. The highest BCUT2D eigenvalue weighted by Gasteiger charge is 2.04. The van der Waals surface area contributed by atoms with E-state index >= 15 is 0 Å². The number of hydrogen-bond acceptors (Lipinski definition) is 3. The molecule has 1 aromatic carbocycles. The molecule has 0 aliphatic carbocycles. The number of alkyl halides is 1. The van der Waals surface area contributed by atoms with Crippen molar-refractivity contribution in [1.29, 1.82) is 0 Å². The predicted octanol–water partition coefficient (Wildman–Crippen LogP) is 2.96. The molecule has 0 atom stereocenters. The second kappa shape index (κ2) is 5.55. The first-order valence-corrected chi connectivity index (χ1v) is 5.67. The Morgan fingerprint density at radius 2 is 2.00 bits per heavy atom.